The van der Waals surface area contributed by atoms with Crippen molar-refractivity contribution >= 4 is 34.9 Å². The first-order chi connectivity index (χ1) is 21.8. The third-order valence-corrected chi connectivity index (χ3v) is 9.42. The number of thioether (sulfide) groups is 1. The van der Waals surface area contributed by atoms with E-state index in [1.165, 1.54) is 32.4 Å². The zero-order valence-corrected chi connectivity index (χ0v) is 27.2. The molecule has 45 heavy (non-hydrogen) atoms. The van der Waals surface area contributed by atoms with Crippen LogP contribution in [0.15, 0.2) is 132 Å². The highest BCUT2D eigenvalue weighted by Gasteiger charge is 2.35. The van der Waals surface area contributed by atoms with Crippen molar-refractivity contribution in [3.8, 4) is 5.75 Å². The van der Waals surface area contributed by atoms with Crippen LogP contribution in [0.2, 0.25) is 0 Å². The van der Waals surface area contributed by atoms with Gasteiger partial charge < -0.3 is 19.5 Å². The summed E-state index contributed by atoms with van der Waals surface area (Å²) in [7, 11) is 0. The highest BCUT2D eigenvalue weighted by Crippen LogP contribution is 2.37. The van der Waals surface area contributed by atoms with Crippen molar-refractivity contribution in [2.45, 2.75) is 36.6 Å². The van der Waals surface area contributed by atoms with Crippen LogP contribution < -0.4 is 10.1 Å². The van der Waals surface area contributed by atoms with E-state index in [1.807, 2.05) is 30.0 Å². The molecule has 3 unspecified atom stereocenters. The summed E-state index contributed by atoms with van der Waals surface area (Å²) in [5.74, 6) is 2.64. The Morgan fingerprint density at radius 2 is 1.40 bits per heavy atom. The fourth-order valence-corrected chi connectivity index (χ4v) is 7.02. The van der Waals surface area contributed by atoms with Gasteiger partial charge in [-0.1, -0.05) is 97.1 Å². The maximum Gasteiger partial charge on any atom is 0.119 e. The quantitative estimate of drug-likeness (QED) is 0.0970. The molecule has 3 atom stereocenters. The summed E-state index contributed by atoms with van der Waals surface area (Å²) in [6.45, 7) is 4.36. The number of ether oxygens (including phenoxy) is 3. The summed E-state index contributed by atoms with van der Waals surface area (Å²) in [6, 6.07) is 44.8. The maximum absolute atomic E-state index is 6.71. The summed E-state index contributed by atoms with van der Waals surface area (Å²) >= 11 is 1.93. The molecule has 6 heteroatoms. The van der Waals surface area contributed by atoms with Crippen LogP contribution in [-0.2, 0) is 22.7 Å². The Hall–Kier alpha value is -3.32. The molecule has 234 valence electrons. The van der Waals surface area contributed by atoms with Crippen molar-refractivity contribution in [1.29, 1.82) is 0 Å². The van der Waals surface area contributed by atoms with Gasteiger partial charge in [0.25, 0.3) is 0 Å². The van der Waals surface area contributed by atoms with E-state index in [2.05, 4.69) is 115 Å². The molecule has 1 aliphatic rings. The third kappa shape index (κ3) is 9.59. The van der Waals surface area contributed by atoms with Crippen LogP contribution in [0.5, 0.6) is 5.75 Å². The predicted molar refractivity (Wildman–Crippen MR) is 189 cm³/mol. The minimum atomic E-state index is 0. The minimum absolute atomic E-state index is 0. The van der Waals surface area contributed by atoms with E-state index < -0.39 is 0 Å². The first-order valence-corrected chi connectivity index (χ1v) is 16.6. The Morgan fingerprint density at radius 1 is 0.667 bits per heavy atom. The molecule has 4 nitrogen and oxygen atoms in total. The molecule has 1 fully saturated rings. The van der Waals surface area contributed by atoms with Crippen LogP contribution in [0.25, 0.3) is 10.8 Å². The molecule has 1 N–H and O–H groups in total. The van der Waals surface area contributed by atoms with Gasteiger partial charge in [0.1, 0.15) is 5.75 Å². The second-order valence-electron chi connectivity index (χ2n) is 11.4. The van der Waals surface area contributed by atoms with Gasteiger partial charge in [-0.3, -0.25) is 0 Å². The van der Waals surface area contributed by atoms with Crippen LogP contribution in [-0.4, -0.2) is 38.2 Å². The van der Waals surface area contributed by atoms with Crippen molar-refractivity contribution in [2.24, 2.45) is 5.92 Å². The van der Waals surface area contributed by atoms with E-state index in [-0.39, 0.29) is 24.4 Å². The van der Waals surface area contributed by atoms with Gasteiger partial charge in [0.2, 0.25) is 0 Å². The standard InChI is InChI=1S/C39H41NO3S.ClH/c1-3-10-30(11-4-1)27-41-22-9-23-42-36-20-18-33(19-21-36)39-35(29-44-37-14-5-2-6-15-37)25-40-26-38(39)43-28-31-16-17-32-12-7-8-13-34(32)24-31;/h1-8,10-21,24,35,38-40H,9,22-23,25-29H2;1H. The number of nitrogens with one attached hydrogen (secondary N) is 1. The zero-order chi connectivity index (χ0) is 29.8. The number of fused-ring (bicyclic) bond motifs is 1. The monoisotopic (exact) mass is 639 g/mol. The van der Waals surface area contributed by atoms with Gasteiger partial charge in [0.15, 0.2) is 0 Å². The largest absolute Gasteiger partial charge is 0.494 e. The van der Waals surface area contributed by atoms with Gasteiger partial charge in [-0.25, -0.2) is 0 Å². The number of piperidine rings is 1. The minimum Gasteiger partial charge on any atom is -0.494 e. The lowest BCUT2D eigenvalue weighted by Crippen LogP contribution is -2.47. The van der Waals surface area contributed by atoms with E-state index in [1.54, 1.807) is 0 Å². The maximum atomic E-state index is 6.71. The molecule has 0 saturated carbocycles. The molecule has 0 spiro atoms. The van der Waals surface area contributed by atoms with Crippen molar-refractivity contribution in [1.82, 2.24) is 5.32 Å². The molecular formula is C39H42ClNO3S. The van der Waals surface area contributed by atoms with Crippen LogP contribution >= 0.6 is 24.2 Å². The lowest BCUT2D eigenvalue weighted by atomic mass is 9.80. The van der Waals surface area contributed by atoms with Gasteiger partial charge >= 0.3 is 0 Å². The molecule has 6 rings (SSSR count). The van der Waals surface area contributed by atoms with Crippen molar-refractivity contribution in [2.75, 3.05) is 32.1 Å². The molecular weight excluding hydrogens is 598 g/mol. The van der Waals surface area contributed by atoms with Crippen molar-refractivity contribution in [3.63, 3.8) is 0 Å². The molecule has 1 saturated heterocycles. The van der Waals surface area contributed by atoms with Crippen LogP contribution in [0, 0.1) is 5.92 Å². The summed E-state index contributed by atoms with van der Waals surface area (Å²) < 4.78 is 18.6. The normalized spacial score (nSPS) is 17.9. The third-order valence-electron chi connectivity index (χ3n) is 8.22. The average Bonchev–Trinajstić information content (AvgIpc) is 3.09. The molecule has 0 bridgehead atoms. The number of hydrogen-bond acceptors (Lipinski definition) is 5. The van der Waals surface area contributed by atoms with Gasteiger partial charge in [0.05, 0.1) is 32.5 Å². The SMILES string of the molecule is Cl.c1ccc(COCCCOc2ccc(C3C(CSc4ccccc4)CNCC3OCc3ccc4ccccc4c3)cc2)cc1. The fraction of sp³-hybridized carbons (Fsp3) is 0.282. The topological polar surface area (TPSA) is 39.7 Å². The molecule has 0 amide bonds. The molecule has 0 radical (unpaired) electrons. The highest BCUT2D eigenvalue weighted by atomic mass is 35.5. The van der Waals surface area contributed by atoms with Crippen LogP contribution in [0.1, 0.15) is 29.0 Å². The first kappa shape index (κ1) is 33.1. The van der Waals surface area contributed by atoms with Gasteiger partial charge in [-0.15, -0.1) is 24.2 Å². The molecule has 5 aromatic rings. The van der Waals surface area contributed by atoms with Gasteiger partial charge in [0, 0.05) is 29.5 Å². The summed E-state index contributed by atoms with van der Waals surface area (Å²) in [6.07, 6.45) is 0.928. The Kier molecular flexibility index (Phi) is 12.8. The van der Waals surface area contributed by atoms with Gasteiger partial charge in [-0.05, 0) is 70.3 Å². The first-order valence-electron chi connectivity index (χ1n) is 15.6. The van der Waals surface area contributed by atoms with E-state index in [9.17, 15) is 0 Å². The van der Waals surface area contributed by atoms with Crippen LogP contribution in [0.4, 0.5) is 0 Å². The van der Waals surface area contributed by atoms with Crippen molar-refractivity contribution < 1.29 is 14.2 Å². The second-order valence-corrected chi connectivity index (χ2v) is 12.5. The summed E-state index contributed by atoms with van der Waals surface area (Å²) in [5.41, 5.74) is 3.72. The van der Waals surface area contributed by atoms with E-state index >= 15 is 0 Å². The van der Waals surface area contributed by atoms with Crippen LogP contribution in [0.3, 0.4) is 0 Å². The molecule has 1 heterocycles. The van der Waals surface area contributed by atoms with Gasteiger partial charge in [-0.2, -0.15) is 0 Å². The molecule has 0 aliphatic carbocycles. The average molecular weight is 640 g/mol. The Balaban J connectivity index is 0.00000400. The lowest BCUT2D eigenvalue weighted by molar-refractivity contribution is -0.00264. The summed E-state index contributed by atoms with van der Waals surface area (Å²) in [4.78, 5) is 1.31. The molecule has 1 aliphatic heterocycles. The van der Waals surface area contributed by atoms with E-state index in [4.69, 9.17) is 14.2 Å². The second kappa shape index (κ2) is 17.4. The Bertz CT molecular complexity index is 1570. The molecule has 5 aromatic carbocycles. The smallest absolute Gasteiger partial charge is 0.119 e. The number of halogens is 1. The number of hydrogen-bond donors (Lipinski definition) is 1. The Labute approximate surface area is 277 Å². The lowest BCUT2D eigenvalue weighted by Gasteiger charge is -2.39. The highest BCUT2D eigenvalue weighted by molar-refractivity contribution is 7.99. The van der Waals surface area contributed by atoms with Crippen molar-refractivity contribution in [3.05, 3.63) is 144 Å². The fourth-order valence-electron chi connectivity index (χ4n) is 5.93. The molecule has 0 aromatic heterocycles. The predicted octanol–water partition coefficient (Wildman–Crippen LogP) is 8.93. The number of rotatable bonds is 14. The van der Waals surface area contributed by atoms with E-state index in [0.29, 0.717) is 32.3 Å². The zero-order valence-electron chi connectivity index (χ0n) is 25.6. The summed E-state index contributed by atoms with van der Waals surface area (Å²) in [5, 5.41) is 6.19. The van der Waals surface area contributed by atoms with E-state index in [0.717, 1.165) is 31.0 Å². The Morgan fingerprint density at radius 3 is 2.20 bits per heavy atom. The number of benzene rings is 5.